The van der Waals surface area contributed by atoms with Crippen LogP contribution in [0.25, 0.3) is 10.8 Å². The Morgan fingerprint density at radius 1 is 1.07 bits per heavy atom. The molecular formula is C23H26N2O2. The molecule has 4 nitrogen and oxygen atoms in total. The van der Waals surface area contributed by atoms with Gasteiger partial charge in [0, 0.05) is 12.1 Å². The van der Waals surface area contributed by atoms with Crippen LogP contribution in [-0.2, 0) is 9.59 Å². The quantitative estimate of drug-likeness (QED) is 0.572. The first-order valence-corrected chi connectivity index (χ1v) is 9.02. The van der Waals surface area contributed by atoms with E-state index in [-0.39, 0.29) is 24.4 Å². The average Bonchev–Trinajstić information content (AvgIpc) is 2.69. The van der Waals surface area contributed by atoms with Gasteiger partial charge in [-0.3, -0.25) is 9.59 Å². The molecule has 0 bridgehead atoms. The fourth-order valence-corrected chi connectivity index (χ4v) is 3.05. The summed E-state index contributed by atoms with van der Waals surface area (Å²) < 4.78 is 0. The maximum atomic E-state index is 12.9. The third-order valence-electron chi connectivity index (χ3n) is 4.50. The summed E-state index contributed by atoms with van der Waals surface area (Å²) in [7, 11) is 0. The fourth-order valence-electron chi connectivity index (χ4n) is 3.05. The number of rotatable bonds is 7. The van der Waals surface area contributed by atoms with Gasteiger partial charge in [-0.25, -0.2) is 0 Å². The molecule has 0 radical (unpaired) electrons. The van der Waals surface area contributed by atoms with Crippen molar-refractivity contribution in [2.45, 2.75) is 26.8 Å². The third kappa shape index (κ3) is 4.94. The SMILES string of the molecule is C=CC(=O)NCC(=C/C)/C(=C\C)C(=O)NC(C)c1cccc2ccccc12. The molecule has 0 saturated carbocycles. The minimum atomic E-state index is -0.269. The maximum absolute atomic E-state index is 12.9. The van der Waals surface area contributed by atoms with Crippen molar-refractivity contribution in [2.24, 2.45) is 0 Å². The largest absolute Gasteiger partial charge is 0.348 e. The predicted octanol–water partition coefficient (Wildman–Crippen LogP) is 4.21. The molecule has 140 valence electrons. The Labute approximate surface area is 160 Å². The first kappa shape index (κ1) is 20.2. The van der Waals surface area contributed by atoms with Gasteiger partial charge in [0.05, 0.1) is 6.04 Å². The van der Waals surface area contributed by atoms with Gasteiger partial charge in [-0.2, -0.15) is 0 Å². The van der Waals surface area contributed by atoms with Gasteiger partial charge in [0.2, 0.25) is 5.91 Å². The Morgan fingerprint density at radius 2 is 1.78 bits per heavy atom. The highest BCUT2D eigenvalue weighted by Gasteiger charge is 2.17. The zero-order chi connectivity index (χ0) is 19.8. The Bertz CT molecular complexity index is 904. The van der Waals surface area contributed by atoms with E-state index in [4.69, 9.17) is 0 Å². The molecule has 0 aliphatic rings. The van der Waals surface area contributed by atoms with Crippen LogP contribution in [-0.4, -0.2) is 18.4 Å². The molecule has 0 aromatic heterocycles. The van der Waals surface area contributed by atoms with Crippen LogP contribution in [0.15, 0.2) is 78.4 Å². The number of hydrogen-bond donors (Lipinski definition) is 2. The van der Waals surface area contributed by atoms with E-state index < -0.39 is 0 Å². The first-order chi connectivity index (χ1) is 13.0. The summed E-state index contributed by atoms with van der Waals surface area (Å²) in [5.74, 6) is -0.437. The molecule has 0 aliphatic heterocycles. The number of allylic oxidation sites excluding steroid dienone is 2. The van der Waals surface area contributed by atoms with Crippen LogP contribution in [0.3, 0.4) is 0 Å². The number of hydrogen-bond acceptors (Lipinski definition) is 2. The second-order valence-electron chi connectivity index (χ2n) is 6.20. The Kier molecular flexibility index (Phi) is 7.12. The second kappa shape index (κ2) is 9.53. The number of fused-ring (bicyclic) bond motifs is 1. The highest BCUT2D eigenvalue weighted by atomic mass is 16.2. The summed E-state index contributed by atoms with van der Waals surface area (Å²) in [4.78, 5) is 24.3. The number of amides is 2. The molecule has 0 fully saturated rings. The molecule has 2 aromatic rings. The molecule has 2 amide bonds. The van der Waals surface area contributed by atoms with E-state index in [2.05, 4.69) is 35.4 Å². The van der Waals surface area contributed by atoms with Crippen molar-refractivity contribution in [3.63, 3.8) is 0 Å². The average molecular weight is 362 g/mol. The maximum Gasteiger partial charge on any atom is 0.251 e. The van der Waals surface area contributed by atoms with Crippen molar-refractivity contribution < 1.29 is 9.59 Å². The van der Waals surface area contributed by atoms with Crippen LogP contribution in [0.4, 0.5) is 0 Å². The molecule has 0 heterocycles. The molecular weight excluding hydrogens is 336 g/mol. The van der Waals surface area contributed by atoms with Crippen molar-refractivity contribution in [1.82, 2.24) is 10.6 Å². The smallest absolute Gasteiger partial charge is 0.251 e. The summed E-state index contributed by atoms with van der Waals surface area (Å²) in [5.41, 5.74) is 2.38. The van der Waals surface area contributed by atoms with Gasteiger partial charge in [0.25, 0.3) is 5.91 Å². The van der Waals surface area contributed by atoms with E-state index in [1.54, 1.807) is 6.08 Å². The molecule has 0 spiro atoms. The molecule has 1 atom stereocenters. The molecule has 0 saturated heterocycles. The summed E-state index contributed by atoms with van der Waals surface area (Å²) in [6, 6.07) is 14.1. The Balaban J connectivity index is 2.18. The van der Waals surface area contributed by atoms with Crippen molar-refractivity contribution >= 4 is 22.6 Å². The summed E-state index contributed by atoms with van der Waals surface area (Å²) in [6.45, 7) is 9.35. The third-order valence-corrected chi connectivity index (χ3v) is 4.50. The standard InChI is InChI=1S/C23H26N2O2/c1-5-17(15-24-22(26)7-3)19(6-2)23(27)25-16(4)20-14-10-12-18-11-8-9-13-21(18)20/h5-14,16H,3,15H2,1-2,4H3,(H,24,26)(H,25,27)/b17-5-,19-6+. The fraction of sp³-hybridized carbons (Fsp3) is 0.217. The van der Waals surface area contributed by atoms with E-state index in [1.807, 2.05) is 51.1 Å². The van der Waals surface area contributed by atoms with Gasteiger partial charge in [-0.1, -0.05) is 61.2 Å². The van der Waals surface area contributed by atoms with Gasteiger partial charge in [-0.05, 0) is 48.8 Å². The Hall–Kier alpha value is -3.14. The van der Waals surface area contributed by atoms with Crippen molar-refractivity contribution in [3.05, 3.63) is 84.0 Å². The molecule has 2 aromatic carbocycles. The lowest BCUT2D eigenvalue weighted by atomic mass is 9.98. The molecule has 1 unspecified atom stereocenters. The highest BCUT2D eigenvalue weighted by Crippen LogP contribution is 2.24. The summed E-state index contributed by atoms with van der Waals surface area (Å²) in [5, 5.41) is 8.06. The Morgan fingerprint density at radius 3 is 2.44 bits per heavy atom. The minimum absolute atomic E-state index is 0.153. The van der Waals surface area contributed by atoms with E-state index in [0.29, 0.717) is 5.57 Å². The van der Waals surface area contributed by atoms with Crippen LogP contribution < -0.4 is 10.6 Å². The minimum Gasteiger partial charge on any atom is -0.348 e. The van der Waals surface area contributed by atoms with Crippen LogP contribution in [0.1, 0.15) is 32.4 Å². The monoisotopic (exact) mass is 362 g/mol. The van der Waals surface area contributed by atoms with E-state index in [0.717, 1.165) is 21.9 Å². The molecule has 27 heavy (non-hydrogen) atoms. The predicted molar refractivity (Wildman–Crippen MR) is 111 cm³/mol. The summed E-state index contributed by atoms with van der Waals surface area (Å²) >= 11 is 0. The van der Waals surface area contributed by atoms with E-state index in [1.165, 1.54) is 6.08 Å². The number of benzene rings is 2. The zero-order valence-corrected chi connectivity index (χ0v) is 16.1. The van der Waals surface area contributed by atoms with Crippen molar-refractivity contribution in [1.29, 1.82) is 0 Å². The van der Waals surface area contributed by atoms with Crippen LogP contribution in [0.2, 0.25) is 0 Å². The lowest BCUT2D eigenvalue weighted by molar-refractivity contribution is -0.118. The van der Waals surface area contributed by atoms with Gasteiger partial charge in [-0.15, -0.1) is 0 Å². The molecule has 2 rings (SSSR count). The second-order valence-corrected chi connectivity index (χ2v) is 6.20. The molecule has 0 aliphatic carbocycles. The van der Waals surface area contributed by atoms with Crippen LogP contribution in [0, 0.1) is 0 Å². The molecule has 2 N–H and O–H groups in total. The van der Waals surface area contributed by atoms with Gasteiger partial charge in [0.15, 0.2) is 0 Å². The van der Waals surface area contributed by atoms with Crippen molar-refractivity contribution in [2.75, 3.05) is 6.54 Å². The van der Waals surface area contributed by atoms with Crippen molar-refractivity contribution in [3.8, 4) is 0 Å². The number of carbonyl (C=O) groups excluding carboxylic acids is 2. The van der Waals surface area contributed by atoms with Gasteiger partial charge in [0.1, 0.15) is 0 Å². The first-order valence-electron chi connectivity index (χ1n) is 9.02. The van der Waals surface area contributed by atoms with Gasteiger partial charge < -0.3 is 10.6 Å². The lowest BCUT2D eigenvalue weighted by Crippen LogP contribution is -2.31. The number of carbonyl (C=O) groups is 2. The van der Waals surface area contributed by atoms with E-state index >= 15 is 0 Å². The lowest BCUT2D eigenvalue weighted by Gasteiger charge is -2.19. The van der Waals surface area contributed by atoms with Gasteiger partial charge >= 0.3 is 0 Å². The number of nitrogens with one attached hydrogen (secondary N) is 2. The highest BCUT2D eigenvalue weighted by molar-refractivity contribution is 5.98. The van der Waals surface area contributed by atoms with E-state index in [9.17, 15) is 9.59 Å². The van der Waals surface area contributed by atoms with Crippen LogP contribution >= 0.6 is 0 Å². The van der Waals surface area contributed by atoms with Crippen LogP contribution in [0.5, 0.6) is 0 Å². The topological polar surface area (TPSA) is 58.2 Å². The normalized spacial score (nSPS) is 13.1. The zero-order valence-electron chi connectivity index (χ0n) is 16.1. The summed E-state index contributed by atoms with van der Waals surface area (Å²) in [6.07, 6.45) is 4.81. The molecule has 4 heteroatoms.